The van der Waals surface area contributed by atoms with Crippen LogP contribution in [0.15, 0.2) is 0 Å². The third-order valence-corrected chi connectivity index (χ3v) is 4.55. The average Bonchev–Trinajstić information content (AvgIpc) is 3.18. The third kappa shape index (κ3) is 2.58. The van der Waals surface area contributed by atoms with Crippen LogP contribution in [-0.2, 0) is 13.6 Å². The maximum atomic E-state index is 4.40. The molecule has 2 aromatic rings. The second-order valence-corrected chi connectivity index (χ2v) is 6.29. The first kappa shape index (κ1) is 13.7. The van der Waals surface area contributed by atoms with E-state index in [2.05, 4.69) is 46.8 Å². The van der Waals surface area contributed by atoms with Gasteiger partial charge in [0.2, 0.25) is 5.95 Å². The van der Waals surface area contributed by atoms with Gasteiger partial charge in [-0.05, 0) is 19.8 Å². The van der Waals surface area contributed by atoms with E-state index in [1.54, 1.807) is 0 Å². The van der Waals surface area contributed by atoms with E-state index >= 15 is 0 Å². The van der Waals surface area contributed by atoms with Crippen LogP contribution < -0.4 is 4.90 Å². The van der Waals surface area contributed by atoms with E-state index in [0.717, 1.165) is 56.1 Å². The van der Waals surface area contributed by atoms with Gasteiger partial charge in [0.05, 0.1) is 6.54 Å². The normalized spacial score (nSPS) is 19.8. The SMILES string of the molecule is Cc1nc(N2CCN(Cc3nnc(C4CC4)n3C)CC2)n[nH]1. The van der Waals surface area contributed by atoms with E-state index in [-0.39, 0.29) is 0 Å². The lowest BCUT2D eigenvalue weighted by Crippen LogP contribution is -2.46. The average molecular weight is 302 g/mol. The number of H-pyrrole nitrogens is 1. The molecule has 1 aliphatic carbocycles. The molecule has 2 aliphatic rings. The van der Waals surface area contributed by atoms with Crippen molar-refractivity contribution in [1.82, 2.24) is 34.8 Å². The zero-order chi connectivity index (χ0) is 15.1. The van der Waals surface area contributed by atoms with Crippen LogP contribution in [0.5, 0.6) is 0 Å². The van der Waals surface area contributed by atoms with Crippen molar-refractivity contribution in [1.29, 1.82) is 0 Å². The van der Waals surface area contributed by atoms with Gasteiger partial charge in [-0.1, -0.05) is 0 Å². The molecule has 8 heteroatoms. The molecule has 118 valence electrons. The number of aromatic nitrogens is 6. The molecule has 1 saturated carbocycles. The number of piperazine rings is 1. The van der Waals surface area contributed by atoms with E-state index in [4.69, 9.17) is 0 Å². The van der Waals surface area contributed by atoms with Gasteiger partial charge in [-0.3, -0.25) is 10.00 Å². The minimum Gasteiger partial charge on any atom is -0.337 e. The summed E-state index contributed by atoms with van der Waals surface area (Å²) in [6.07, 6.45) is 2.53. The van der Waals surface area contributed by atoms with E-state index in [1.165, 1.54) is 12.8 Å². The number of aryl methyl sites for hydroxylation is 1. The molecule has 8 nitrogen and oxygen atoms in total. The summed E-state index contributed by atoms with van der Waals surface area (Å²) >= 11 is 0. The molecule has 4 rings (SSSR count). The van der Waals surface area contributed by atoms with E-state index in [1.807, 2.05) is 6.92 Å². The summed E-state index contributed by atoms with van der Waals surface area (Å²) in [5.41, 5.74) is 0. The van der Waals surface area contributed by atoms with Crippen LogP contribution >= 0.6 is 0 Å². The van der Waals surface area contributed by atoms with Crippen LogP contribution in [0.25, 0.3) is 0 Å². The largest absolute Gasteiger partial charge is 0.337 e. The molecule has 3 heterocycles. The molecule has 1 aliphatic heterocycles. The van der Waals surface area contributed by atoms with Gasteiger partial charge in [0, 0.05) is 39.1 Å². The number of nitrogens with zero attached hydrogens (tertiary/aromatic N) is 7. The Labute approximate surface area is 129 Å². The summed E-state index contributed by atoms with van der Waals surface area (Å²) in [7, 11) is 2.09. The van der Waals surface area contributed by atoms with Gasteiger partial charge in [0.1, 0.15) is 17.5 Å². The number of hydrogen-bond acceptors (Lipinski definition) is 6. The standard InChI is InChI=1S/C14H22N8/c1-10-15-14(19-16-10)22-7-5-21(6-8-22)9-12-17-18-13(20(12)2)11-3-4-11/h11H,3-9H2,1-2H3,(H,15,16,19). The summed E-state index contributed by atoms with van der Waals surface area (Å²) < 4.78 is 2.18. The van der Waals surface area contributed by atoms with Crippen LogP contribution in [0.1, 0.15) is 36.2 Å². The van der Waals surface area contributed by atoms with Gasteiger partial charge >= 0.3 is 0 Å². The predicted octanol–water partition coefficient (Wildman–Crippen LogP) is 0.441. The summed E-state index contributed by atoms with van der Waals surface area (Å²) in [5.74, 6) is 4.56. The van der Waals surface area contributed by atoms with Crippen LogP contribution in [0.4, 0.5) is 5.95 Å². The smallest absolute Gasteiger partial charge is 0.244 e. The van der Waals surface area contributed by atoms with Crippen LogP contribution in [0, 0.1) is 6.92 Å². The fourth-order valence-corrected chi connectivity index (χ4v) is 2.99. The number of hydrogen-bond donors (Lipinski definition) is 1. The highest BCUT2D eigenvalue weighted by molar-refractivity contribution is 5.29. The van der Waals surface area contributed by atoms with Crippen molar-refractivity contribution in [2.24, 2.45) is 7.05 Å². The number of rotatable bonds is 4. The fourth-order valence-electron chi connectivity index (χ4n) is 2.99. The molecule has 0 aromatic carbocycles. The molecule has 0 atom stereocenters. The second-order valence-electron chi connectivity index (χ2n) is 6.29. The molecule has 0 bridgehead atoms. The lowest BCUT2D eigenvalue weighted by molar-refractivity contribution is 0.240. The molecule has 0 amide bonds. The van der Waals surface area contributed by atoms with Gasteiger partial charge in [-0.25, -0.2) is 0 Å². The van der Waals surface area contributed by atoms with Crippen molar-refractivity contribution in [3.63, 3.8) is 0 Å². The minimum absolute atomic E-state index is 0.650. The Hall–Kier alpha value is -1.96. The zero-order valence-electron chi connectivity index (χ0n) is 13.2. The Balaban J connectivity index is 1.36. The highest BCUT2D eigenvalue weighted by atomic mass is 15.4. The Kier molecular flexibility index (Phi) is 3.33. The van der Waals surface area contributed by atoms with Gasteiger partial charge in [-0.2, -0.15) is 4.98 Å². The summed E-state index contributed by atoms with van der Waals surface area (Å²) in [4.78, 5) is 9.06. The molecule has 22 heavy (non-hydrogen) atoms. The predicted molar refractivity (Wildman–Crippen MR) is 81.6 cm³/mol. The number of nitrogens with one attached hydrogen (secondary N) is 1. The lowest BCUT2D eigenvalue weighted by Gasteiger charge is -2.33. The summed E-state index contributed by atoms with van der Waals surface area (Å²) in [6, 6.07) is 0. The van der Waals surface area contributed by atoms with Crippen LogP contribution in [0.2, 0.25) is 0 Å². The van der Waals surface area contributed by atoms with Gasteiger partial charge < -0.3 is 9.47 Å². The summed E-state index contributed by atoms with van der Waals surface area (Å²) in [6.45, 7) is 6.70. The van der Waals surface area contributed by atoms with E-state index in [0.29, 0.717) is 5.92 Å². The minimum atomic E-state index is 0.650. The molecule has 0 radical (unpaired) electrons. The van der Waals surface area contributed by atoms with Gasteiger partial charge in [0.25, 0.3) is 0 Å². The van der Waals surface area contributed by atoms with Crippen molar-refractivity contribution in [3.05, 3.63) is 17.5 Å². The highest BCUT2D eigenvalue weighted by Gasteiger charge is 2.29. The maximum absolute atomic E-state index is 4.40. The highest BCUT2D eigenvalue weighted by Crippen LogP contribution is 2.38. The molecule has 2 fully saturated rings. The van der Waals surface area contributed by atoms with Crippen molar-refractivity contribution >= 4 is 5.95 Å². The van der Waals surface area contributed by atoms with Crippen LogP contribution in [0.3, 0.4) is 0 Å². The van der Waals surface area contributed by atoms with Crippen molar-refractivity contribution in [2.45, 2.75) is 32.2 Å². The fraction of sp³-hybridized carbons (Fsp3) is 0.714. The Morgan fingerprint density at radius 3 is 2.55 bits per heavy atom. The van der Waals surface area contributed by atoms with Crippen molar-refractivity contribution in [3.8, 4) is 0 Å². The maximum Gasteiger partial charge on any atom is 0.244 e. The zero-order valence-corrected chi connectivity index (χ0v) is 13.2. The Morgan fingerprint density at radius 2 is 1.91 bits per heavy atom. The summed E-state index contributed by atoms with van der Waals surface area (Å²) in [5, 5.41) is 15.9. The van der Waals surface area contributed by atoms with E-state index in [9.17, 15) is 0 Å². The van der Waals surface area contributed by atoms with Crippen molar-refractivity contribution in [2.75, 3.05) is 31.1 Å². The Morgan fingerprint density at radius 1 is 1.14 bits per heavy atom. The van der Waals surface area contributed by atoms with Crippen molar-refractivity contribution < 1.29 is 0 Å². The monoisotopic (exact) mass is 302 g/mol. The molecular formula is C14H22N8. The third-order valence-electron chi connectivity index (χ3n) is 4.55. The topological polar surface area (TPSA) is 78.8 Å². The molecule has 1 N–H and O–H groups in total. The number of anilines is 1. The molecule has 2 aromatic heterocycles. The first-order chi connectivity index (χ1) is 10.7. The lowest BCUT2D eigenvalue weighted by atomic mass is 10.3. The first-order valence-electron chi connectivity index (χ1n) is 7.95. The van der Waals surface area contributed by atoms with Gasteiger partial charge in [0.15, 0.2) is 0 Å². The first-order valence-corrected chi connectivity index (χ1v) is 7.95. The Bertz CT molecular complexity index is 648. The molecular weight excluding hydrogens is 280 g/mol. The molecule has 0 unspecified atom stereocenters. The van der Waals surface area contributed by atoms with Crippen LogP contribution in [-0.4, -0.2) is 61.0 Å². The van der Waals surface area contributed by atoms with E-state index < -0.39 is 0 Å². The molecule has 1 saturated heterocycles. The van der Waals surface area contributed by atoms with Gasteiger partial charge in [-0.15, -0.1) is 15.3 Å². The quantitative estimate of drug-likeness (QED) is 0.883. The molecule has 0 spiro atoms. The number of aromatic amines is 1. The second kappa shape index (κ2) is 5.35.